The van der Waals surface area contributed by atoms with Crippen LogP contribution >= 0.6 is 0 Å². The third-order valence-electron chi connectivity index (χ3n) is 1.93. The maximum absolute atomic E-state index is 3.81. The first-order chi connectivity index (χ1) is 5.88. The molecule has 0 N–H and O–H groups in total. The van der Waals surface area contributed by atoms with Crippen LogP contribution in [0, 0.1) is 0 Å². The quantitative estimate of drug-likeness (QED) is 0.588. The smallest absolute Gasteiger partial charge is 0.00497 e. The molecule has 1 aromatic carbocycles. The molecule has 0 amide bonds. The molecule has 0 fully saturated rings. The lowest BCUT2D eigenvalue weighted by molar-refractivity contribution is 0.868. The van der Waals surface area contributed by atoms with E-state index in [9.17, 15) is 0 Å². The zero-order valence-corrected chi connectivity index (χ0v) is 7.24. The highest BCUT2D eigenvalue weighted by molar-refractivity contribution is 5.23. The Morgan fingerprint density at radius 1 is 1.17 bits per heavy atom. The number of rotatable bonds is 4. The van der Waals surface area contributed by atoms with Gasteiger partial charge < -0.3 is 0 Å². The Kier molecular flexibility index (Phi) is 3.34. The summed E-state index contributed by atoms with van der Waals surface area (Å²) in [4.78, 5) is 0. The van der Waals surface area contributed by atoms with Crippen LogP contribution in [0.4, 0.5) is 0 Å². The van der Waals surface area contributed by atoms with Crippen LogP contribution in [0.25, 0.3) is 0 Å². The summed E-state index contributed by atoms with van der Waals surface area (Å²) in [6.45, 7) is 7.53. The molecular weight excluding hydrogens is 144 g/mol. The molecule has 0 bridgehead atoms. The fraction of sp³-hybridized carbons (Fsp3) is 0.167. The summed E-state index contributed by atoms with van der Waals surface area (Å²) in [6, 6.07) is 10.4. The predicted molar refractivity (Wildman–Crippen MR) is 54.2 cm³/mol. The second-order valence-electron chi connectivity index (χ2n) is 2.78. The van der Waals surface area contributed by atoms with Crippen molar-refractivity contribution in [1.29, 1.82) is 0 Å². The monoisotopic (exact) mass is 158 g/mol. The van der Waals surface area contributed by atoms with E-state index in [4.69, 9.17) is 0 Å². The fourth-order valence-electron chi connectivity index (χ4n) is 1.25. The van der Waals surface area contributed by atoms with Gasteiger partial charge in [-0.1, -0.05) is 42.5 Å². The highest BCUT2D eigenvalue weighted by atomic mass is 14.1. The zero-order valence-electron chi connectivity index (χ0n) is 7.24. The average Bonchev–Trinajstić information content (AvgIpc) is 2.15. The third kappa shape index (κ3) is 2.09. The molecule has 0 spiro atoms. The van der Waals surface area contributed by atoms with Gasteiger partial charge in [-0.3, -0.25) is 0 Å². The van der Waals surface area contributed by atoms with E-state index in [1.165, 1.54) is 5.56 Å². The van der Waals surface area contributed by atoms with E-state index in [-0.39, 0.29) is 0 Å². The summed E-state index contributed by atoms with van der Waals surface area (Å²) in [5.41, 5.74) is 1.31. The molecule has 0 aromatic heterocycles. The van der Waals surface area contributed by atoms with Crippen LogP contribution in [-0.4, -0.2) is 0 Å². The van der Waals surface area contributed by atoms with E-state index < -0.39 is 0 Å². The molecule has 1 aromatic rings. The second kappa shape index (κ2) is 4.55. The van der Waals surface area contributed by atoms with Gasteiger partial charge in [0.2, 0.25) is 0 Å². The van der Waals surface area contributed by atoms with Crippen LogP contribution in [0.2, 0.25) is 0 Å². The summed E-state index contributed by atoms with van der Waals surface area (Å²) in [7, 11) is 0. The molecule has 0 saturated carbocycles. The normalized spacial score (nSPS) is 12.0. The summed E-state index contributed by atoms with van der Waals surface area (Å²) in [5, 5.41) is 0. The van der Waals surface area contributed by atoms with E-state index in [1.807, 2.05) is 18.2 Å². The van der Waals surface area contributed by atoms with Gasteiger partial charge in [-0.05, 0) is 12.0 Å². The molecule has 0 saturated heterocycles. The maximum atomic E-state index is 3.81. The Balaban J connectivity index is 2.79. The standard InChI is InChI=1S/C12H14/c1-3-8-11(4-2)12-9-6-5-7-10-12/h3-7,9-11H,1-2,8H2/t11-/m0/s1. The molecule has 0 nitrogen and oxygen atoms in total. The van der Waals surface area contributed by atoms with Gasteiger partial charge in [0, 0.05) is 5.92 Å². The van der Waals surface area contributed by atoms with Crippen molar-refractivity contribution in [2.45, 2.75) is 12.3 Å². The number of allylic oxidation sites excluding steroid dienone is 2. The number of hydrogen-bond donors (Lipinski definition) is 0. The minimum atomic E-state index is 0.420. The second-order valence-corrected chi connectivity index (χ2v) is 2.78. The molecule has 62 valence electrons. The van der Waals surface area contributed by atoms with E-state index in [0.717, 1.165) is 6.42 Å². The van der Waals surface area contributed by atoms with Crippen LogP contribution in [0.1, 0.15) is 17.9 Å². The minimum Gasteiger partial charge on any atom is -0.103 e. The lowest BCUT2D eigenvalue weighted by atomic mass is 9.96. The van der Waals surface area contributed by atoms with Gasteiger partial charge in [0.05, 0.1) is 0 Å². The molecular formula is C12H14. The van der Waals surface area contributed by atoms with Crippen molar-refractivity contribution in [3.63, 3.8) is 0 Å². The van der Waals surface area contributed by atoms with E-state index in [1.54, 1.807) is 0 Å². The Morgan fingerprint density at radius 3 is 2.33 bits per heavy atom. The first kappa shape index (κ1) is 8.79. The lowest BCUT2D eigenvalue weighted by Gasteiger charge is -2.09. The predicted octanol–water partition coefficient (Wildman–Crippen LogP) is 3.53. The molecule has 0 radical (unpaired) electrons. The fourth-order valence-corrected chi connectivity index (χ4v) is 1.25. The Hall–Kier alpha value is -1.30. The van der Waals surface area contributed by atoms with Crippen LogP contribution in [0.3, 0.4) is 0 Å². The van der Waals surface area contributed by atoms with Crippen molar-refractivity contribution in [1.82, 2.24) is 0 Å². The Morgan fingerprint density at radius 2 is 1.83 bits per heavy atom. The van der Waals surface area contributed by atoms with E-state index in [2.05, 4.69) is 37.4 Å². The van der Waals surface area contributed by atoms with E-state index in [0.29, 0.717) is 5.92 Å². The van der Waals surface area contributed by atoms with Gasteiger partial charge in [-0.2, -0.15) is 0 Å². The van der Waals surface area contributed by atoms with Gasteiger partial charge in [-0.25, -0.2) is 0 Å². The Bertz CT molecular complexity index is 246. The molecule has 1 atom stereocenters. The molecule has 0 aliphatic rings. The molecule has 0 unspecified atom stereocenters. The van der Waals surface area contributed by atoms with Gasteiger partial charge in [0.25, 0.3) is 0 Å². The van der Waals surface area contributed by atoms with Gasteiger partial charge in [0.15, 0.2) is 0 Å². The van der Waals surface area contributed by atoms with Crippen molar-refractivity contribution in [3.05, 3.63) is 61.2 Å². The van der Waals surface area contributed by atoms with E-state index >= 15 is 0 Å². The Labute approximate surface area is 74.2 Å². The topological polar surface area (TPSA) is 0 Å². The van der Waals surface area contributed by atoms with Gasteiger partial charge >= 0.3 is 0 Å². The summed E-state index contributed by atoms with van der Waals surface area (Å²) in [5.74, 6) is 0.420. The number of hydrogen-bond acceptors (Lipinski definition) is 0. The molecule has 0 aliphatic heterocycles. The molecule has 0 heteroatoms. The SMILES string of the molecule is C=CC[C@H](C=C)c1ccccc1. The van der Waals surface area contributed by atoms with Crippen LogP contribution in [-0.2, 0) is 0 Å². The zero-order chi connectivity index (χ0) is 8.81. The first-order valence-electron chi connectivity index (χ1n) is 4.17. The third-order valence-corrected chi connectivity index (χ3v) is 1.93. The summed E-state index contributed by atoms with van der Waals surface area (Å²) in [6.07, 6.45) is 4.86. The van der Waals surface area contributed by atoms with Crippen LogP contribution < -0.4 is 0 Å². The lowest BCUT2D eigenvalue weighted by Crippen LogP contribution is -1.91. The van der Waals surface area contributed by atoms with Crippen molar-refractivity contribution in [3.8, 4) is 0 Å². The van der Waals surface area contributed by atoms with Gasteiger partial charge in [-0.15, -0.1) is 13.2 Å². The largest absolute Gasteiger partial charge is 0.103 e. The summed E-state index contributed by atoms with van der Waals surface area (Å²) < 4.78 is 0. The highest BCUT2D eigenvalue weighted by Crippen LogP contribution is 2.20. The average molecular weight is 158 g/mol. The van der Waals surface area contributed by atoms with Crippen molar-refractivity contribution < 1.29 is 0 Å². The molecule has 12 heavy (non-hydrogen) atoms. The van der Waals surface area contributed by atoms with Crippen LogP contribution in [0.15, 0.2) is 55.6 Å². The van der Waals surface area contributed by atoms with Crippen molar-refractivity contribution in [2.24, 2.45) is 0 Å². The van der Waals surface area contributed by atoms with Crippen molar-refractivity contribution in [2.75, 3.05) is 0 Å². The number of benzene rings is 1. The maximum Gasteiger partial charge on any atom is 0.00497 e. The van der Waals surface area contributed by atoms with Crippen LogP contribution in [0.5, 0.6) is 0 Å². The molecule has 1 rings (SSSR count). The first-order valence-corrected chi connectivity index (χ1v) is 4.17. The van der Waals surface area contributed by atoms with Crippen molar-refractivity contribution >= 4 is 0 Å². The molecule has 0 aliphatic carbocycles. The van der Waals surface area contributed by atoms with Gasteiger partial charge in [0.1, 0.15) is 0 Å². The molecule has 0 heterocycles. The summed E-state index contributed by atoms with van der Waals surface area (Å²) >= 11 is 0. The minimum absolute atomic E-state index is 0.420. The highest BCUT2D eigenvalue weighted by Gasteiger charge is 2.02.